The Morgan fingerprint density at radius 3 is 2.50 bits per heavy atom. The van der Waals surface area contributed by atoms with Crippen LogP contribution >= 0.6 is 0 Å². The molecule has 1 saturated carbocycles. The number of rotatable bonds is 14. The van der Waals surface area contributed by atoms with Gasteiger partial charge in [-0.1, -0.05) is 70.3 Å². The number of unbranched alkanes of at least 4 members (excludes halogenated alkanes) is 4. The second kappa shape index (κ2) is 14.1. The summed E-state index contributed by atoms with van der Waals surface area (Å²) in [4.78, 5) is 23.6. The molecule has 1 rings (SSSR count). The van der Waals surface area contributed by atoms with Crippen molar-refractivity contribution in [3.8, 4) is 11.5 Å². The minimum absolute atomic E-state index is 0.113. The van der Waals surface area contributed by atoms with Gasteiger partial charge in [0.25, 0.3) is 0 Å². The lowest BCUT2D eigenvalue weighted by molar-refractivity contribution is -0.122. The van der Waals surface area contributed by atoms with E-state index < -0.39 is 19.8 Å². The van der Waals surface area contributed by atoms with Crippen LogP contribution in [0.1, 0.15) is 77.6 Å². The van der Waals surface area contributed by atoms with Crippen molar-refractivity contribution in [3.63, 3.8) is 0 Å². The predicted molar refractivity (Wildman–Crippen MR) is 132 cm³/mol. The lowest BCUT2D eigenvalue weighted by atomic mass is 9.87. The van der Waals surface area contributed by atoms with E-state index in [2.05, 4.69) is 38.0 Å². The predicted octanol–water partition coefficient (Wildman–Crippen LogP) is 4.20. The molecule has 4 atom stereocenters. The summed E-state index contributed by atoms with van der Waals surface area (Å²) in [5.74, 6) is 2.73. The molecule has 0 spiro atoms. The molecule has 0 aromatic carbocycles. The van der Waals surface area contributed by atoms with Crippen LogP contribution in [0, 0.1) is 23.3 Å². The number of hydrogen-bond donors (Lipinski definition) is 3. The van der Waals surface area contributed by atoms with Crippen molar-refractivity contribution in [2.24, 2.45) is 11.8 Å². The number of ketones is 2. The first-order valence-electron chi connectivity index (χ1n) is 12.3. The molecule has 0 aromatic rings. The molecule has 0 bridgehead atoms. The van der Waals surface area contributed by atoms with E-state index in [-0.39, 0.29) is 36.4 Å². The molecular formula is C26H44O5Si. The highest BCUT2D eigenvalue weighted by molar-refractivity contribution is 6.83. The van der Waals surface area contributed by atoms with Gasteiger partial charge >= 0.3 is 0 Å². The quantitative estimate of drug-likeness (QED) is 0.155. The maximum absolute atomic E-state index is 12.4. The van der Waals surface area contributed by atoms with E-state index in [1.54, 1.807) is 0 Å². The monoisotopic (exact) mass is 464 g/mol. The van der Waals surface area contributed by atoms with E-state index in [4.69, 9.17) is 5.11 Å². The zero-order valence-electron chi connectivity index (χ0n) is 20.5. The Morgan fingerprint density at radius 1 is 1.19 bits per heavy atom. The fourth-order valence-electron chi connectivity index (χ4n) is 4.12. The van der Waals surface area contributed by atoms with Crippen LogP contribution in [-0.2, 0) is 9.59 Å². The van der Waals surface area contributed by atoms with Crippen LogP contribution in [0.5, 0.6) is 0 Å². The van der Waals surface area contributed by atoms with E-state index in [0.29, 0.717) is 19.3 Å². The molecule has 1 aliphatic carbocycles. The first kappa shape index (κ1) is 28.8. The summed E-state index contributed by atoms with van der Waals surface area (Å²) in [5, 5.41) is 30.2. The lowest BCUT2D eigenvalue weighted by Gasteiger charge is -2.22. The summed E-state index contributed by atoms with van der Waals surface area (Å²) in [7, 11) is -1.60. The van der Waals surface area contributed by atoms with Gasteiger partial charge in [-0.05, 0) is 25.7 Å². The average molecular weight is 465 g/mol. The fraction of sp³-hybridized carbons (Fsp3) is 0.769. The number of aliphatic hydroxyl groups is 3. The molecule has 5 nitrogen and oxygen atoms in total. The highest BCUT2D eigenvalue weighted by Crippen LogP contribution is 2.34. The maximum atomic E-state index is 12.4. The largest absolute Gasteiger partial charge is 0.392 e. The molecule has 0 amide bonds. The summed E-state index contributed by atoms with van der Waals surface area (Å²) < 4.78 is 0. The second-order valence-electron chi connectivity index (χ2n) is 10.3. The van der Waals surface area contributed by atoms with Gasteiger partial charge in [0, 0.05) is 31.1 Å². The molecule has 0 radical (unpaired) electrons. The zero-order chi connectivity index (χ0) is 24.2. The first-order valence-corrected chi connectivity index (χ1v) is 15.8. The van der Waals surface area contributed by atoms with Crippen LogP contribution in [0.15, 0.2) is 12.2 Å². The molecule has 1 unspecified atom stereocenters. The third kappa shape index (κ3) is 11.0. The Hall–Kier alpha value is -1.26. The molecule has 3 N–H and O–H groups in total. The molecule has 0 heterocycles. The lowest BCUT2D eigenvalue weighted by Crippen LogP contribution is -2.28. The second-order valence-corrected chi connectivity index (χ2v) is 15.1. The normalized spacial score (nSPS) is 23.2. The van der Waals surface area contributed by atoms with E-state index in [0.717, 1.165) is 44.9 Å². The number of Topliss-reactive ketones (excluding diaryl/α,β-unsaturated/α-hetero) is 2. The molecule has 0 saturated heterocycles. The molecule has 1 aliphatic rings. The van der Waals surface area contributed by atoms with Crippen LogP contribution in [0.3, 0.4) is 0 Å². The summed E-state index contributed by atoms with van der Waals surface area (Å²) in [6.07, 6.45) is 10.9. The Balaban J connectivity index is 2.67. The Kier molecular flexibility index (Phi) is 12.7. The van der Waals surface area contributed by atoms with Crippen molar-refractivity contribution in [3.05, 3.63) is 12.2 Å². The summed E-state index contributed by atoms with van der Waals surface area (Å²) in [5.41, 5.74) is 2.24. The van der Waals surface area contributed by atoms with Gasteiger partial charge in [0.05, 0.1) is 6.10 Å². The molecule has 1 fully saturated rings. The smallest absolute Gasteiger partial charge is 0.158 e. The molecule has 0 aromatic heterocycles. The minimum Gasteiger partial charge on any atom is -0.392 e. The van der Waals surface area contributed by atoms with Crippen LogP contribution < -0.4 is 0 Å². The number of aliphatic hydroxyl groups excluding tert-OH is 2. The molecular weight excluding hydrogens is 420 g/mol. The van der Waals surface area contributed by atoms with Crippen molar-refractivity contribution < 1.29 is 24.9 Å². The van der Waals surface area contributed by atoms with Gasteiger partial charge in [0.15, 0.2) is 5.78 Å². The molecule has 0 aliphatic heterocycles. The topological polar surface area (TPSA) is 94.8 Å². The number of carbonyl (C=O) groups is 2. The summed E-state index contributed by atoms with van der Waals surface area (Å²) in [6, 6.07) is 0. The van der Waals surface area contributed by atoms with Gasteiger partial charge in [-0.15, -0.1) is 5.54 Å². The van der Waals surface area contributed by atoms with Gasteiger partial charge in [0.1, 0.15) is 26.1 Å². The van der Waals surface area contributed by atoms with Gasteiger partial charge in [-0.3, -0.25) is 9.59 Å². The van der Waals surface area contributed by atoms with Crippen molar-refractivity contribution in [2.45, 2.75) is 109 Å². The van der Waals surface area contributed by atoms with Crippen molar-refractivity contribution in [2.75, 3.05) is 6.61 Å². The van der Waals surface area contributed by atoms with E-state index >= 15 is 0 Å². The van der Waals surface area contributed by atoms with E-state index in [9.17, 15) is 19.8 Å². The number of carbonyl (C=O) groups excluding carboxylic acids is 2. The fourth-order valence-corrected chi connectivity index (χ4v) is 4.73. The highest BCUT2D eigenvalue weighted by Gasteiger charge is 2.39. The van der Waals surface area contributed by atoms with Crippen LogP contribution in [0.4, 0.5) is 0 Å². The first-order chi connectivity index (χ1) is 15.0. The van der Waals surface area contributed by atoms with Crippen LogP contribution in [-0.4, -0.2) is 53.3 Å². The van der Waals surface area contributed by atoms with Crippen molar-refractivity contribution in [1.82, 2.24) is 0 Å². The van der Waals surface area contributed by atoms with E-state index in [1.807, 2.05) is 12.2 Å². The highest BCUT2D eigenvalue weighted by atomic mass is 28.3. The molecule has 182 valence electrons. The molecule has 32 heavy (non-hydrogen) atoms. The SMILES string of the molecule is CCCCC(O)(C#C[Si](C)(C)C)CC=C[C@H]1[C@H](O)CC(=O)[C@@H]1CCCCCCC(=O)CO. The minimum atomic E-state index is -1.60. The Bertz CT molecular complexity index is 685. The van der Waals surface area contributed by atoms with Crippen LogP contribution in [0.25, 0.3) is 0 Å². The van der Waals surface area contributed by atoms with Gasteiger partial charge in [0.2, 0.25) is 0 Å². The van der Waals surface area contributed by atoms with Crippen LogP contribution in [0.2, 0.25) is 19.6 Å². The third-order valence-corrected chi connectivity index (χ3v) is 6.93. The Morgan fingerprint density at radius 2 is 1.88 bits per heavy atom. The Labute approximate surface area is 195 Å². The van der Waals surface area contributed by atoms with Gasteiger partial charge < -0.3 is 15.3 Å². The maximum Gasteiger partial charge on any atom is 0.158 e. The molecule has 6 heteroatoms. The standard InChI is InChI=1S/C26H44O5Si/c1-5-6-15-26(31,17-18-32(2,3)4)16-11-14-23-22(24(29)19-25(23)30)13-10-8-7-9-12-21(28)20-27/h11,14,22-23,25,27,30-31H,5-10,12-13,15-16,19-20H2,1-4H3/t22-,23-,25-,26?/m1/s1. The summed E-state index contributed by atoms with van der Waals surface area (Å²) >= 11 is 0. The van der Waals surface area contributed by atoms with E-state index in [1.165, 1.54) is 0 Å². The van der Waals surface area contributed by atoms with Crippen molar-refractivity contribution in [1.29, 1.82) is 0 Å². The zero-order valence-corrected chi connectivity index (χ0v) is 21.5. The average Bonchev–Trinajstić information content (AvgIpc) is 2.99. The number of hydrogen-bond acceptors (Lipinski definition) is 5. The van der Waals surface area contributed by atoms with Crippen molar-refractivity contribution >= 4 is 19.6 Å². The van der Waals surface area contributed by atoms with Gasteiger partial charge in [-0.25, -0.2) is 0 Å². The third-order valence-electron chi connectivity index (χ3n) is 6.06. The van der Waals surface area contributed by atoms with Gasteiger partial charge in [-0.2, -0.15) is 0 Å². The summed E-state index contributed by atoms with van der Waals surface area (Å²) in [6.45, 7) is 8.18.